The Bertz CT molecular complexity index is 1720. The van der Waals surface area contributed by atoms with Gasteiger partial charge in [0.25, 0.3) is 5.56 Å². The van der Waals surface area contributed by atoms with Crippen LogP contribution in [0.3, 0.4) is 0 Å². The van der Waals surface area contributed by atoms with Crippen molar-refractivity contribution in [2.45, 2.75) is 59.2 Å². The molecule has 41 heavy (non-hydrogen) atoms. The Morgan fingerprint density at radius 1 is 1.02 bits per heavy atom. The standard InChI is InChI=1S/C30H34N8O3/c1-20-10-9-11-23-25(20)37(29(40)41-30(2,3)4)15-14-36(23)24-16-21-17-31-28-33-22-18-32-35(19-22)12-7-5-6-8-13-38(27(24)39)26(21)34-28/h5-6,9-11,16-19H,7-8,12-15H2,1-4H3,(H,31,33,34)/b6-5-. The molecule has 1 amide bonds. The summed E-state index contributed by atoms with van der Waals surface area (Å²) < 4.78 is 9.32. The Kier molecular flexibility index (Phi) is 6.72. The summed E-state index contributed by atoms with van der Waals surface area (Å²) >= 11 is 0. The number of benzene rings is 1. The average Bonchev–Trinajstić information content (AvgIpc) is 3.36. The average molecular weight is 555 g/mol. The van der Waals surface area contributed by atoms with Gasteiger partial charge in [-0.1, -0.05) is 24.3 Å². The zero-order valence-electron chi connectivity index (χ0n) is 23.8. The molecular formula is C30H34N8O3. The number of carbonyl (C=O) groups excluding carboxylic acids is 1. The van der Waals surface area contributed by atoms with E-state index in [2.05, 4.69) is 27.6 Å². The number of anilines is 5. The van der Waals surface area contributed by atoms with E-state index in [-0.39, 0.29) is 5.56 Å². The number of amides is 1. The zero-order valence-corrected chi connectivity index (χ0v) is 23.8. The fraction of sp³-hybridized carbons (Fsp3) is 0.367. The Balaban J connectivity index is 1.45. The lowest BCUT2D eigenvalue weighted by molar-refractivity contribution is 0.0580. The van der Waals surface area contributed by atoms with Gasteiger partial charge in [0.05, 0.1) is 23.3 Å². The van der Waals surface area contributed by atoms with Crippen LogP contribution >= 0.6 is 0 Å². The molecule has 0 radical (unpaired) electrons. The largest absolute Gasteiger partial charge is 0.443 e. The monoisotopic (exact) mass is 554 g/mol. The van der Waals surface area contributed by atoms with Gasteiger partial charge in [-0.2, -0.15) is 10.1 Å². The second kappa shape index (κ2) is 10.4. The number of hydrogen-bond acceptors (Lipinski definition) is 8. The molecule has 4 aromatic rings. The lowest BCUT2D eigenvalue weighted by atomic mass is 10.1. The molecule has 0 fully saturated rings. The third kappa shape index (κ3) is 5.27. The Labute approximate surface area is 238 Å². The lowest BCUT2D eigenvalue weighted by Gasteiger charge is -2.39. The maximum Gasteiger partial charge on any atom is 0.414 e. The van der Waals surface area contributed by atoms with Crippen LogP contribution in [0.25, 0.3) is 11.0 Å². The zero-order chi connectivity index (χ0) is 28.7. The van der Waals surface area contributed by atoms with Gasteiger partial charge in [-0.3, -0.25) is 18.9 Å². The highest BCUT2D eigenvalue weighted by molar-refractivity contribution is 5.97. The van der Waals surface area contributed by atoms with E-state index in [1.807, 2.05) is 67.7 Å². The second-order valence-corrected chi connectivity index (χ2v) is 11.4. The summed E-state index contributed by atoms with van der Waals surface area (Å²) in [6.45, 7) is 9.56. The van der Waals surface area contributed by atoms with Crippen molar-refractivity contribution < 1.29 is 9.53 Å². The number of fused-ring (bicyclic) bond motifs is 4. The van der Waals surface area contributed by atoms with Gasteiger partial charge in [0.2, 0.25) is 5.95 Å². The smallest absolute Gasteiger partial charge is 0.414 e. The molecule has 3 aromatic heterocycles. The number of allylic oxidation sites excluding steroid dienone is 2. The second-order valence-electron chi connectivity index (χ2n) is 11.4. The first-order valence-electron chi connectivity index (χ1n) is 13.9. The van der Waals surface area contributed by atoms with Crippen molar-refractivity contribution in [1.82, 2.24) is 24.3 Å². The summed E-state index contributed by atoms with van der Waals surface area (Å²) in [6.07, 6.45) is 10.7. The minimum atomic E-state index is -0.621. The molecule has 11 heteroatoms. The quantitative estimate of drug-likeness (QED) is 0.316. The molecule has 6 rings (SSSR count). The van der Waals surface area contributed by atoms with Crippen molar-refractivity contribution in [3.63, 3.8) is 0 Å². The number of aryl methyl sites for hydroxylation is 3. The van der Waals surface area contributed by atoms with Crippen LogP contribution in [0.15, 0.2) is 59.8 Å². The predicted molar refractivity (Wildman–Crippen MR) is 159 cm³/mol. The van der Waals surface area contributed by atoms with Crippen LogP contribution in [0.5, 0.6) is 0 Å². The highest BCUT2D eigenvalue weighted by Crippen LogP contribution is 2.40. The molecule has 0 saturated carbocycles. The predicted octanol–water partition coefficient (Wildman–Crippen LogP) is 5.28. The van der Waals surface area contributed by atoms with Crippen LogP contribution in [-0.4, -0.2) is 49.1 Å². The van der Waals surface area contributed by atoms with Gasteiger partial charge in [-0.15, -0.1) is 0 Å². The van der Waals surface area contributed by atoms with Gasteiger partial charge in [0.1, 0.15) is 16.9 Å². The molecule has 2 aliphatic rings. The molecule has 2 aliphatic heterocycles. The maximum absolute atomic E-state index is 14.2. The first kappa shape index (κ1) is 26.5. The van der Waals surface area contributed by atoms with Gasteiger partial charge in [-0.25, -0.2) is 9.78 Å². The molecule has 0 saturated heterocycles. The molecule has 11 nitrogen and oxygen atoms in total. The van der Waals surface area contributed by atoms with Crippen molar-refractivity contribution in [3.05, 3.63) is 70.9 Å². The molecule has 0 unspecified atom stereocenters. The van der Waals surface area contributed by atoms with Gasteiger partial charge < -0.3 is 15.0 Å². The van der Waals surface area contributed by atoms with Crippen molar-refractivity contribution in [3.8, 4) is 0 Å². The lowest BCUT2D eigenvalue weighted by Crippen LogP contribution is -2.46. The number of aromatic nitrogens is 5. The highest BCUT2D eigenvalue weighted by atomic mass is 16.6. The molecule has 212 valence electrons. The van der Waals surface area contributed by atoms with E-state index in [4.69, 9.17) is 9.72 Å². The Morgan fingerprint density at radius 3 is 2.63 bits per heavy atom. The third-order valence-corrected chi connectivity index (χ3v) is 7.14. The minimum absolute atomic E-state index is 0.145. The number of rotatable bonds is 1. The fourth-order valence-corrected chi connectivity index (χ4v) is 5.32. The van der Waals surface area contributed by atoms with E-state index >= 15 is 0 Å². The number of pyridine rings is 1. The van der Waals surface area contributed by atoms with Gasteiger partial charge in [0, 0.05) is 44.0 Å². The topological polar surface area (TPSA) is 110 Å². The van der Waals surface area contributed by atoms with E-state index in [0.29, 0.717) is 43.3 Å². The summed E-state index contributed by atoms with van der Waals surface area (Å²) in [5, 5.41) is 8.35. The van der Waals surface area contributed by atoms with E-state index in [1.54, 1.807) is 21.9 Å². The van der Waals surface area contributed by atoms with Crippen molar-refractivity contribution in [2.24, 2.45) is 0 Å². The Hall–Kier alpha value is -4.67. The third-order valence-electron chi connectivity index (χ3n) is 7.14. The van der Waals surface area contributed by atoms with Crippen molar-refractivity contribution >= 4 is 45.8 Å². The van der Waals surface area contributed by atoms with Gasteiger partial charge >= 0.3 is 6.09 Å². The first-order chi connectivity index (χ1) is 19.7. The normalized spacial score (nSPS) is 16.2. The summed E-state index contributed by atoms with van der Waals surface area (Å²) in [5.74, 6) is 0.400. The molecule has 1 N–H and O–H groups in total. The van der Waals surface area contributed by atoms with Crippen LogP contribution in [0.1, 0.15) is 39.2 Å². The summed E-state index contributed by atoms with van der Waals surface area (Å²) in [7, 11) is 0. The first-order valence-corrected chi connectivity index (χ1v) is 13.9. The minimum Gasteiger partial charge on any atom is -0.443 e. The molecule has 0 aliphatic carbocycles. The highest BCUT2D eigenvalue weighted by Gasteiger charge is 2.33. The molecule has 5 heterocycles. The Morgan fingerprint density at radius 2 is 1.83 bits per heavy atom. The number of para-hydroxylation sites is 1. The number of nitrogens with one attached hydrogen (secondary N) is 1. The molecule has 4 bridgehead atoms. The van der Waals surface area contributed by atoms with Crippen LogP contribution in [-0.2, 0) is 17.8 Å². The maximum atomic E-state index is 14.2. The molecule has 1 aromatic carbocycles. The van der Waals surface area contributed by atoms with Crippen LogP contribution in [0.2, 0.25) is 0 Å². The van der Waals surface area contributed by atoms with Crippen LogP contribution in [0, 0.1) is 6.92 Å². The van der Waals surface area contributed by atoms with E-state index in [1.165, 1.54) is 0 Å². The van der Waals surface area contributed by atoms with Crippen LogP contribution < -0.4 is 20.7 Å². The number of carbonyl (C=O) groups is 1. The fourth-order valence-electron chi connectivity index (χ4n) is 5.32. The summed E-state index contributed by atoms with van der Waals surface area (Å²) in [6, 6.07) is 7.70. The van der Waals surface area contributed by atoms with E-state index in [9.17, 15) is 9.59 Å². The number of ether oxygens (including phenoxy) is 1. The van der Waals surface area contributed by atoms with Crippen molar-refractivity contribution in [2.75, 3.05) is 28.2 Å². The van der Waals surface area contributed by atoms with Gasteiger partial charge in [0.15, 0.2) is 0 Å². The summed E-state index contributed by atoms with van der Waals surface area (Å²) in [5.41, 5.74) is 3.54. The van der Waals surface area contributed by atoms with Crippen LogP contribution in [0.4, 0.5) is 33.5 Å². The molecule has 0 atom stereocenters. The molecule has 0 spiro atoms. The summed E-state index contributed by atoms with van der Waals surface area (Å²) in [4.78, 5) is 40.3. The van der Waals surface area contributed by atoms with E-state index in [0.717, 1.165) is 41.0 Å². The van der Waals surface area contributed by atoms with E-state index < -0.39 is 11.7 Å². The SMILES string of the molecule is Cc1cccc2c1N(C(=O)OC(C)(C)C)CCN2c1cc2cnc3nc2n(c1=O)CC/C=C\CCn1cc(cn1)N3. The van der Waals surface area contributed by atoms with Crippen molar-refractivity contribution in [1.29, 1.82) is 0 Å². The molecular weight excluding hydrogens is 520 g/mol. The number of nitrogens with zero attached hydrogens (tertiary/aromatic N) is 7. The van der Waals surface area contributed by atoms with Gasteiger partial charge in [-0.05, 0) is 58.2 Å². The number of hydrogen-bond donors (Lipinski definition) is 1.